The molecular formula is C10H13F3O2Si. The Kier molecular flexibility index (Phi) is 8.50. The van der Waals surface area contributed by atoms with Crippen molar-refractivity contribution >= 4 is 14.5 Å². The Morgan fingerprint density at radius 1 is 1.12 bits per heavy atom. The predicted octanol–water partition coefficient (Wildman–Crippen LogP) is 2.10. The minimum atomic E-state index is -2.29. The summed E-state index contributed by atoms with van der Waals surface area (Å²) in [5.74, 6) is 0. The molecule has 0 amide bonds. The maximum Gasteiger partial charge on any atom is 0.355 e. The number of benzene rings is 1. The van der Waals surface area contributed by atoms with Gasteiger partial charge in [0.15, 0.2) is 6.33 Å². The summed E-state index contributed by atoms with van der Waals surface area (Å²) in [7, 11) is 1.83. The molecule has 0 bridgehead atoms. The van der Waals surface area contributed by atoms with E-state index in [9.17, 15) is 13.2 Å². The van der Waals surface area contributed by atoms with E-state index in [-0.39, 0.29) is 0 Å². The molecule has 0 saturated heterocycles. The number of halogens is 3. The fraction of sp³-hybridized carbons (Fsp3) is 0.200. The summed E-state index contributed by atoms with van der Waals surface area (Å²) in [6, 6.07) is 10.0. The van der Waals surface area contributed by atoms with Crippen LogP contribution in [0, 0.1) is 0 Å². The van der Waals surface area contributed by atoms with Crippen molar-refractivity contribution in [2.45, 2.75) is 0 Å². The van der Waals surface area contributed by atoms with Gasteiger partial charge in [-0.2, -0.15) is 8.78 Å². The lowest BCUT2D eigenvalue weighted by Crippen LogP contribution is -2.34. The van der Waals surface area contributed by atoms with Gasteiger partial charge in [-0.1, -0.05) is 30.3 Å². The van der Waals surface area contributed by atoms with Crippen molar-refractivity contribution in [1.29, 1.82) is 0 Å². The number of hydrogen-bond acceptors (Lipinski definition) is 2. The first-order valence-electron chi connectivity index (χ1n) is 4.37. The molecule has 16 heavy (non-hydrogen) atoms. The van der Waals surface area contributed by atoms with Crippen LogP contribution in [0.5, 0.6) is 0 Å². The number of hydrogen-bond donors (Lipinski definition) is 0. The Morgan fingerprint density at radius 3 is 1.88 bits per heavy atom. The van der Waals surface area contributed by atoms with Gasteiger partial charge in [0.2, 0.25) is 0 Å². The molecule has 0 atom stereocenters. The lowest BCUT2D eigenvalue weighted by Gasteiger charge is -2.09. The molecule has 1 aromatic rings. The van der Waals surface area contributed by atoms with Crippen LogP contribution in [0.2, 0.25) is 0 Å². The van der Waals surface area contributed by atoms with Crippen molar-refractivity contribution < 1.29 is 22.0 Å². The van der Waals surface area contributed by atoms with Crippen LogP contribution >= 0.6 is 0 Å². The molecule has 0 radical (unpaired) electrons. The second-order valence-electron chi connectivity index (χ2n) is 2.61. The van der Waals surface area contributed by atoms with E-state index >= 15 is 0 Å². The highest BCUT2D eigenvalue weighted by Crippen LogP contribution is 1.93. The highest BCUT2D eigenvalue weighted by Gasteiger charge is 2.10. The van der Waals surface area contributed by atoms with Gasteiger partial charge in [-0.15, -0.1) is 0 Å². The van der Waals surface area contributed by atoms with Crippen LogP contribution in [0.15, 0.2) is 42.7 Å². The first kappa shape index (κ1) is 14.9. The van der Waals surface area contributed by atoms with E-state index in [0.29, 0.717) is 0 Å². The molecule has 0 aliphatic carbocycles. The lowest BCUT2D eigenvalue weighted by molar-refractivity contribution is 0.292. The topological polar surface area (TPSA) is 18.5 Å². The van der Waals surface area contributed by atoms with Crippen molar-refractivity contribution in [3.05, 3.63) is 42.7 Å². The molecule has 0 fully saturated rings. The summed E-state index contributed by atoms with van der Waals surface area (Å²) >= 11 is 0. The van der Waals surface area contributed by atoms with Crippen molar-refractivity contribution in [2.24, 2.45) is 0 Å². The fourth-order valence-electron chi connectivity index (χ4n) is 0.979. The van der Waals surface area contributed by atoms with Gasteiger partial charge in [0, 0.05) is 14.2 Å². The molecular weight excluding hydrogens is 237 g/mol. The standard InChI is InChI=1S/C8H12O2Si.C2HF3/c1-9-11(10-2)8-6-4-3-5-7-8;3-1-2(4)5/h3-7,11H,1-2H3;1H. The van der Waals surface area contributed by atoms with Gasteiger partial charge in [0.1, 0.15) is 0 Å². The Bertz CT molecular complexity index is 298. The second-order valence-corrected chi connectivity index (χ2v) is 4.89. The summed E-state index contributed by atoms with van der Waals surface area (Å²) < 4.78 is 41.1. The van der Waals surface area contributed by atoms with E-state index in [2.05, 4.69) is 0 Å². The van der Waals surface area contributed by atoms with Crippen molar-refractivity contribution in [2.75, 3.05) is 14.2 Å². The molecule has 90 valence electrons. The minimum absolute atomic E-state index is 0.750. The lowest BCUT2D eigenvalue weighted by atomic mass is 10.4. The zero-order chi connectivity index (χ0) is 12.4. The molecule has 0 saturated carbocycles. The van der Waals surface area contributed by atoms with Gasteiger partial charge in [0.25, 0.3) is 6.08 Å². The van der Waals surface area contributed by atoms with E-state index in [1.54, 1.807) is 14.2 Å². The van der Waals surface area contributed by atoms with Gasteiger partial charge in [-0.3, -0.25) is 0 Å². The largest absolute Gasteiger partial charge is 0.397 e. The first-order chi connectivity index (χ1) is 7.65. The maximum absolute atomic E-state index is 10.2. The maximum atomic E-state index is 10.2. The van der Waals surface area contributed by atoms with E-state index in [4.69, 9.17) is 8.85 Å². The van der Waals surface area contributed by atoms with Crippen LogP contribution < -0.4 is 5.19 Å². The molecule has 2 nitrogen and oxygen atoms in total. The summed E-state index contributed by atoms with van der Waals surface area (Å²) in [5.41, 5.74) is 0. The summed E-state index contributed by atoms with van der Waals surface area (Å²) in [5, 5.41) is 1.18. The van der Waals surface area contributed by atoms with Crippen molar-refractivity contribution in [1.82, 2.24) is 0 Å². The Hall–Kier alpha value is -1.11. The molecule has 0 spiro atoms. The van der Waals surface area contributed by atoms with E-state index < -0.39 is 21.7 Å². The van der Waals surface area contributed by atoms with E-state index in [0.717, 1.165) is 0 Å². The third-order valence-electron chi connectivity index (χ3n) is 1.58. The van der Waals surface area contributed by atoms with Crippen molar-refractivity contribution in [3.8, 4) is 0 Å². The van der Waals surface area contributed by atoms with E-state index in [1.807, 2.05) is 30.3 Å². The van der Waals surface area contributed by atoms with Crippen LogP contribution in [0.3, 0.4) is 0 Å². The number of rotatable bonds is 3. The Balaban J connectivity index is 0.000000385. The fourth-order valence-corrected chi connectivity index (χ4v) is 2.25. The zero-order valence-corrected chi connectivity index (χ0v) is 10.1. The summed E-state index contributed by atoms with van der Waals surface area (Å²) in [6.45, 7) is 0. The quantitative estimate of drug-likeness (QED) is 0.765. The van der Waals surface area contributed by atoms with Crippen LogP contribution in [0.4, 0.5) is 13.2 Å². The highest BCUT2D eigenvalue weighted by molar-refractivity contribution is 6.61. The summed E-state index contributed by atoms with van der Waals surface area (Å²) in [4.78, 5) is 0. The molecule has 0 N–H and O–H groups in total. The van der Waals surface area contributed by atoms with Crippen LogP contribution in [0.25, 0.3) is 0 Å². The zero-order valence-electron chi connectivity index (χ0n) is 8.99. The smallest absolute Gasteiger partial charge is 0.355 e. The average molecular weight is 250 g/mol. The van der Waals surface area contributed by atoms with Gasteiger partial charge >= 0.3 is 9.28 Å². The first-order valence-corrected chi connectivity index (χ1v) is 5.89. The molecule has 0 aliphatic heterocycles. The second kappa shape index (κ2) is 9.14. The van der Waals surface area contributed by atoms with Gasteiger partial charge in [-0.05, 0) is 5.19 Å². The van der Waals surface area contributed by atoms with Gasteiger partial charge in [0.05, 0.1) is 0 Å². The monoisotopic (exact) mass is 250 g/mol. The van der Waals surface area contributed by atoms with Crippen LogP contribution in [-0.2, 0) is 8.85 Å². The van der Waals surface area contributed by atoms with Crippen LogP contribution in [0.1, 0.15) is 0 Å². The Morgan fingerprint density at radius 2 is 1.56 bits per heavy atom. The Labute approximate surface area is 94.2 Å². The third kappa shape index (κ3) is 6.39. The molecule has 0 aromatic heterocycles. The SMILES string of the molecule is CO[SiH](OC)c1ccccc1.FC=C(F)F. The molecule has 6 heteroatoms. The van der Waals surface area contributed by atoms with Crippen molar-refractivity contribution in [3.63, 3.8) is 0 Å². The highest BCUT2D eigenvalue weighted by atomic mass is 28.3. The van der Waals surface area contributed by atoms with Gasteiger partial charge in [-0.25, -0.2) is 4.39 Å². The normalized spacial score (nSPS) is 9.38. The molecule has 0 aliphatic rings. The molecule has 0 heterocycles. The van der Waals surface area contributed by atoms with Gasteiger partial charge < -0.3 is 8.85 Å². The summed E-state index contributed by atoms with van der Waals surface area (Å²) in [6.07, 6.45) is -3.04. The minimum Gasteiger partial charge on any atom is -0.397 e. The van der Waals surface area contributed by atoms with Crippen LogP contribution in [-0.4, -0.2) is 23.5 Å². The molecule has 1 aromatic carbocycles. The average Bonchev–Trinajstić information content (AvgIpc) is 2.33. The predicted molar refractivity (Wildman–Crippen MR) is 58.7 cm³/mol. The molecule has 1 rings (SSSR count). The van der Waals surface area contributed by atoms with E-state index in [1.165, 1.54) is 5.19 Å². The molecule has 0 unspecified atom stereocenters. The third-order valence-corrected chi connectivity index (χ3v) is 3.37.